The summed E-state index contributed by atoms with van der Waals surface area (Å²) in [4.78, 5) is 53.7. The minimum atomic E-state index is -0.488. The Morgan fingerprint density at radius 1 is 0.667 bits per heavy atom. The van der Waals surface area contributed by atoms with Crippen molar-refractivity contribution < 1.29 is 24.3 Å². The lowest BCUT2D eigenvalue weighted by Gasteiger charge is -2.43. The summed E-state index contributed by atoms with van der Waals surface area (Å²) in [5.41, 5.74) is 1.25. The van der Waals surface area contributed by atoms with Crippen molar-refractivity contribution in [2.24, 2.45) is 0 Å². The number of hydrogen-bond acceptors (Lipinski definition) is 7. The standard InChI is InChI=1S/C24H24N4O5/c29-13-14-5-1-2-12-26(14)28-23(32)17-8-6-15-19-16(7-9-18(20(17)19)24(28)33)22(31)27(21(15)30)25-10-3-4-11-25/h6-9,14,29H,1-5,10-13H2. The molecule has 0 radical (unpaired) electrons. The van der Waals surface area contributed by atoms with Crippen LogP contribution in [0.15, 0.2) is 24.3 Å². The van der Waals surface area contributed by atoms with Crippen LogP contribution in [-0.2, 0) is 0 Å². The van der Waals surface area contributed by atoms with Crippen molar-refractivity contribution in [2.45, 2.75) is 38.1 Å². The van der Waals surface area contributed by atoms with E-state index >= 15 is 0 Å². The van der Waals surface area contributed by atoms with Gasteiger partial charge in [0.25, 0.3) is 23.6 Å². The summed E-state index contributed by atoms with van der Waals surface area (Å²) in [5.74, 6) is -1.81. The highest BCUT2D eigenvalue weighted by Crippen LogP contribution is 2.39. The largest absolute Gasteiger partial charge is 0.395 e. The second-order valence-electron chi connectivity index (χ2n) is 9.07. The fraction of sp³-hybridized carbons (Fsp3) is 0.417. The van der Waals surface area contributed by atoms with Gasteiger partial charge < -0.3 is 5.11 Å². The Labute approximate surface area is 190 Å². The first-order valence-corrected chi connectivity index (χ1v) is 11.5. The third kappa shape index (κ3) is 2.76. The zero-order valence-corrected chi connectivity index (χ0v) is 18.1. The summed E-state index contributed by atoms with van der Waals surface area (Å²) in [5, 5.41) is 16.4. The lowest BCUT2D eigenvalue weighted by Crippen LogP contribution is -2.58. The fourth-order valence-electron chi connectivity index (χ4n) is 5.67. The van der Waals surface area contributed by atoms with E-state index in [-0.39, 0.29) is 12.6 Å². The molecule has 2 aromatic carbocycles. The quantitative estimate of drug-likeness (QED) is 0.715. The number of benzene rings is 2. The molecule has 9 nitrogen and oxygen atoms in total. The van der Waals surface area contributed by atoms with Crippen LogP contribution in [-0.4, -0.2) is 81.1 Å². The molecule has 1 unspecified atom stereocenters. The van der Waals surface area contributed by atoms with Crippen molar-refractivity contribution in [3.05, 3.63) is 46.5 Å². The van der Waals surface area contributed by atoms with Crippen molar-refractivity contribution in [3.63, 3.8) is 0 Å². The first-order valence-electron chi connectivity index (χ1n) is 11.5. The predicted molar refractivity (Wildman–Crippen MR) is 117 cm³/mol. The van der Waals surface area contributed by atoms with Gasteiger partial charge >= 0.3 is 0 Å². The van der Waals surface area contributed by atoms with Gasteiger partial charge in [0.15, 0.2) is 0 Å². The van der Waals surface area contributed by atoms with Crippen LogP contribution in [0.4, 0.5) is 0 Å². The lowest BCUT2D eigenvalue weighted by molar-refractivity contribution is -0.0514. The molecule has 2 saturated heterocycles. The maximum absolute atomic E-state index is 13.5. The molecule has 170 valence electrons. The van der Waals surface area contributed by atoms with E-state index in [1.165, 1.54) is 5.01 Å². The van der Waals surface area contributed by atoms with Crippen molar-refractivity contribution in [3.8, 4) is 0 Å². The number of hydrazine groups is 2. The van der Waals surface area contributed by atoms with E-state index < -0.39 is 23.6 Å². The van der Waals surface area contributed by atoms with Crippen molar-refractivity contribution in [1.29, 1.82) is 0 Å². The number of piperidine rings is 1. The average Bonchev–Trinajstić information content (AvgIpc) is 3.36. The SMILES string of the molecule is O=C1c2ccc3c4c(ccc(c24)C(=O)N1N1CCCC1)C(=O)N(N1CCCCC1CO)C3=O. The third-order valence-electron chi connectivity index (χ3n) is 7.28. The van der Waals surface area contributed by atoms with Gasteiger partial charge in [0, 0.05) is 30.4 Å². The van der Waals surface area contributed by atoms with Gasteiger partial charge in [-0.15, -0.1) is 0 Å². The molecule has 4 amide bonds. The molecule has 0 aromatic heterocycles. The highest BCUT2D eigenvalue weighted by molar-refractivity contribution is 6.33. The molecular weight excluding hydrogens is 424 g/mol. The van der Waals surface area contributed by atoms with Gasteiger partial charge in [-0.05, 0) is 49.9 Å². The van der Waals surface area contributed by atoms with E-state index in [9.17, 15) is 24.3 Å². The molecule has 0 saturated carbocycles. The van der Waals surface area contributed by atoms with Crippen LogP contribution in [0.3, 0.4) is 0 Å². The van der Waals surface area contributed by atoms with Gasteiger partial charge in [-0.2, -0.15) is 0 Å². The molecule has 0 bridgehead atoms. The van der Waals surface area contributed by atoms with Crippen molar-refractivity contribution in [1.82, 2.24) is 20.0 Å². The number of carbonyl (C=O) groups is 4. The van der Waals surface area contributed by atoms with Crippen LogP contribution in [0.2, 0.25) is 0 Å². The maximum atomic E-state index is 13.5. The van der Waals surface area contributed by atoms with Gasteiger partial charge in [-0.25, -0.2) is 20.0 Å². The molecule has 2 aromatic rings. The Kier molecular flexibility index (Phi) is 4.62. The number of nitrogens with zero attached hydrogens (tertiary/aromatic N) is 4. The normalized spacial score (nSPS) is 23.8. The molecule has 1 N–H and O–H groups in total. The molecule has 0 spiro atoms. The summed E-state index contributed by atoms with van der Waals surface area (Å²) in [6.45, 7) is 1.63. The molecule has 4 aliphatic heterocycles. The maximum Gasteiger partial charge on any atom is 0.276 e. The van der Waals surface area contributed by atoms with Crippen LogP contribution >= 0.6 is 0 Å². The van der Waals surface area contributed by atoms with Crippen LogP contribution in [0.1, 0.15) is 73.5 Å². The van der Waals surface area contributed by atoms with Crippen LogP contribution in [0.5, 0.6) is 0 Å². The molecule has 6 rings (SSSR count). The Morgan fingerprint density at radius 2 is 1.12 bits per heavy atom. The molecule has 33 heavy (non-hydrogen) atoms. The van der Waals surface area contributed by atoms with E-state index in [1.807, 2.05) is 0 Å². The molecular formula is C24H24N4O5. The number of imide groups is 2. The molecule has 9 heteroatoms. The second kappa shape index (κ2) is 7.44. The number of aliphatic hydroxyl groups is 1. The number of carbonyl (C=O) groups excluding carboxylic acids is 4. The first kappa shape index (κ1) is 20.5. The Morgan fingerprint density at radius 3 is 1.61 bits per heavy atom. The predicted octanol–water partition coefficient (Wildman–Crippen LogP) is 1.80. The fourth-order valence-corrected chi connectivity index (χ4v) is 5.67. The molecule has 1 atom stereocenters. The highest BCUT2D eigenvalue weighted by atomic mass is 16.3. The van der Waals surface area contributed by atoms with Gasteiger partial charge in [-0.1, -0.05) is 6.42 Å². The third-order valence-corrected chi connectivity index (χ3v) is 7.28. The van der Waals surface area contributed by atoms with E-state index in [2.05, 4.69) is 0 Å². The average molecular weight is 448 g/mol. The van der Waals surface area contributed by atoms with E-state index in [4.69, 9.17) is 0 Å². The van der Waals surface area contributed by atoms with Crippen molar-refractivity contribution >= 4 is 34.4 Å². The van der Waals surface area contributed by atoms with Crippen molar-refractivity contribution in [2.75, 3.05) is 26.2 Å². The smallest absolute Gasteiger partial charge is 0.276 e. The lowest BCUT2D eigenvalue weighted by atomic mass is 9.86. The zero-order chi connectivity index (χ0) is 22.9. The number of hydrogen-bond donors (Lipinski definition) is 1. The summed E-state index contributed by atoms with van der Waals surface area (Å²) in [6.07, 6.45) is 4.28. The Balaban J connectivity index is 1.50. The summed E-state index contributed by atoms with van der Waals surface area (Å²) in [6, 6.07) is 6.04. The van der Waals surface area contributed by atoms with Gasteiger partial charge in [0.2, 0.25) is 0 Å². The summed E-state index contributed by atoms with van der Waals surface area (Å²) in [7, 11) is 0. The molecule has 4 heterocycles. The minimum absolute atomic E-state index is 0.146. The zero-order valence-electron chi connectivity index (χ0n) is 18.1. The minimum Gasteiger partial charge on any atom is -0.395 e. The Bertz CT molecular complexity index is 1160. The van der Waals surface area contributed by atoms with Gasteiger partial charge in [0.1, 0.15) is 0 Å². The summed E-state index contributed by atoms with van der Waals surface area (Å²) < 4.78 is 0. The van der Waals surface area contributed by atoms with Crippen LogP contribution in [0.25, 0.3) is 10.8 Å². The first-order chi connectivity index (χ1) is 16.0. The van der Waals surface area contributed by atoms with Crippen LogP contribution < -0.4 is 0 Å². The van der Waals surface area contributed by atoms with Gasteiger partial charge in [-0.3, -0.25) is 19.2 Å². The topological polar surface area (TPSA) is 101 Å². The summed E-state index contributed by atoms with van der Waals surface area (Å²) >= 11 is 0. The molecule has 4 aliphatic rings. The highest BCUT2D eigenvalue weighted by Gasteiger charge is 2.44. The Hall–Kier alpha value is -3.14. The monoisotopic (exact) mass is 448 g/mol. The second-order valence-corrected chi connectivity index (χ2v) is 9.07. The number of amides is 4. The number of rotatable bonds is 3. The van der Waals surface area contributed by atoms with Gasteiger partial charge in [0.05, 0.1) is 34.9 Å². The van der Waals surface area contributed by atoms with E-state index in [1.54, 1.807) is 34.3 Å². The van der Waals surface area contributed by atoms with Crippen LogP contribution in [0, 0.1) is 0 Å². The van der Waals surface area contributed by atoms with E-state index in [0.717, 1.165) is 30.7 Å². The van der Waals surface area contributed by atoms with E-state index in [0.29, 0.717) is 59.1 Å². The molecule has 2 fully saturated rings. The number of aliphatic hydroxyl groups excluding tert-OH is 1. The molecule has 0 aliphatic carbocycles.